The van der Waals surface area contributed by atoms with Gasteiger partial charge in [-0.2, -0.15) is 0 Å². The Balaban J connectivity index is 1.92. The first kappa shape index (κ1) is 17.9. The molecule has 8 heteroatoms. The highest BCUT2D eigenvalue weighted by Crippen LogP contribution is 2.42. The summed E-state index contributed by atoms with van der Waals surface area (Å²) in [7, 11) is -4.22. The number of allylic oxidation sites excluding steroid dienone is 1. The van der Waals surface area contributed by atoms with Crippen molar-refractivity contribution in [2.75, 3.05) is 11.9 Å². The molecule has 0 spiro atoms. The van der Waals surface area contributed by atoms with Crippen molar-refractivity contribution in [2.45, 2.75) is 42.5 Å². The third-order valence-corrected chi connectivity index (χ3v) is 6.04. The Hall–Kier alpha value is -1.93. The number of nitrogens with one attached hydrogen (secondary N) is 2. The van der Waals surface area contributed by atoms with Crippen LogP contribution < -0.4 is 15.8 Å². The molecule has 1 fully saturated rings. The summed E-state index contributed by atoms with van der Waals surface area (Å²) in [5.41, 5.74) is 5.08. The van der Waals surface area contributed by atoms with Crippen LogP contribution in [0, 0.1) is 11.7 Å². The quantitative estimate of drug-likeness (QED) is 0.608. The van der Waals surface area contributed by atoms with Crippen LogP contribution >= 0.6 is 0 Å². The number of fused-ring (bicyclic) bond motifs is 2. The van der Waals surface area contributed by atoms with Crippen molar-refractivity contribution in [3.63, 3.8) is 0 Å². The maximum Gasteiger partial charge on any atom is 0.266 e. The van der Waals surface area contributed by atoms with Crippen LogP contribution in [0.5, 0.6) is 0 Å². The first-order chi connectivity index (χ1) is 11.8. The summed E-state index contributed by atoms with van der Waals surface area (Å²) in [4.78, 5) is 12.1. The van der Waals surface area contributed by atoms with E-state index in [1.54, 1.807) is 0 Å². The second-order valence-electron chi connectivity index (χ2n) is 6.63. The van der Waals surface area contributed by atoms with E-state index in [4.69, 9.17) is 5.73 Å². The molecule has 1 aliphatic carbocycles. The molecule has 1 amide bonds. The molecule has 3 rings (SSSR count). The molecule has 0 aromatic heterocycles. The summed E-state index contributed by atoms with van der Waals surface area (Å²) in [6, 6.07) is 3.46. The molecule has 2 atom stereocenters. The van der Waals surface area contributed by atoms with Gasteiger partial charge in [-0.05, 0) is 43.9 Å². The maximum atomic E-state index is 13.6. The van der Waals surface area contributed by atoms with Crippen LogP contribution in [0.25, 0.3) is 0 Å². The predicted octanol–water partition coefficient (Wildman–Crippen LogP) is 1.89. The fraction of sp³-hybridized carbons (Fsp3) is 0.471. The minimum atomic E-state index is -4.22. The Labute approximate surface area is 146 Å². The van der Waals surface area contributed by atoms with Crippen molar-refractivity contribution in [3.8, 4) is 0 Å². The van der Waals surface area contributed by atoms with Gasteiger partial charge in [-0.3, -0.25) is 4.79 Å². The number of halogens is 1. The number of benzene rings is 1. The minimum absolute atomic E-state index is 0.169. The molecule has 25 heavy (non-hydrogen) atoms. The number of sulfonamides is 1. The van der Waals surface area contributed by atoms with Gasteiger partial charge < -0.3 is 11.1 Å². The zero-order valence-corrected chi connectivity index (χ0v) is 14.6. The highest BCUT2D eigenvalue weighted by molar-refractivity contribution is 7.90. The number of nitrogens with two attached hydrogens (primary N) is 1. The summed E-state index contributed by atoms with van der Waals surface area (Å²) in [5, 5.41) is 3.02. The Morgan fingerprint density at radius 2 is 2.04 bits per heavy atom. The number of amides is 1. The number of anilines is 1. The molecule has 6 nitrogen and oxygen atoms in total. The topological polar surface area (TPSA) is 101 Å². The second kappa shape index (κ2) is 6.76. The van der Waals surface area contributed by atoms with Crippen LogP contribution in [-0.2, 0) is 14.8 Å². The Kier molecular flexibility index (Phi) is 4.83. The average Bonchev–Trinajstić information content (AvgIpc) is 3.22. The second-order valence-corrected chi connectivity index (χ2v) is 8.28. The molecule has 1 aliphatic heterocycles. The van der Waals surface area contributed by atoms with Crippen molar-refractivity contribution >= 4 is 21.6 Å². The van der Waals surface area contributed by atoms with Gasteiger partial charge in [0, 0.05) is 12.5 Å². The summed E-state index contributed by atoms with van der Waals surface area (Å²) in [5.74, 6) is -1.61. The number of carbonyl (C=O) groups excluding carboxylic acids is 1. The zero-order valence-electron chi connectivity index (χ0n) is 13.8. The lowest BCUT2D eigenvalue weighted by Gasteiger charge is -2.15. The Morgan fingerprint density at radius 1 is 1.24 bits per heavy atom. The monoisotopic (exact) mass is 367 g/mol. The Morgan fingerprint density at radius 3 is 2.84 bits per heavy atom. The molecule has 0 bridgehead atoms. The molecular formula is C17H22FN3O3S. The van der Waals surface area contributed by atoms with Crippen molar-refractivity contribution in [1.29, 1.82) is 0 Å². The SMILES string of the molecule is N[C@]12C[C@H]1/C=C\CCCCCNc1ccc(F)cc1S(=O)(=O)NC2=O. The van der Waals surface area contributed by atoms with E-state index in [9.17, 15) is 17.6 Å². The standard InChI is InChI=1S/C17H22FN3O3S/c18-13-7-8-14-15(10-13)25(23,24)21-16(22)17(19)11-12(17)6-4-2-1-3-5-9-20-14/h4,6-8,10,12,20H,1-3,5,9,11,19H2,(H,21,22)/b6-4-/t12-,17-/m1/s1. The summed E-state index contributed by atoms with van der Waals surface area (Å²) in [6.45, 7) is 0.565. The molecule has 1 heterocycles. The van der Waals surface area contributed by atoms with Gasteiger partial charge in [0.25, 0.3) is 15.9 Å². The van der Waals surface area contributed by atoms with Gasteiger partial charge in [-0.1, -0.05) is 18.6 Å². The number of hydrogen-bond donors (Lipinski definition) is 3. The molecule has 1 saturated carbocycles. The Bertz CT molecular complexity index is 809. The van der Waals surface area contributed by atoms with Gasteiger partial charge >= 0.3 is 0 Å². The number of carbonyl (C=O) groups is 1. The third-order valence-electron chi connectivity index (χ3n) is 4.67. The molecular weight excluding hydrogens is 345 g/mol. The van der Waals surface area contributed by atoms with E-state index in [0.717, 1.165) is 31.7 Å². The van der Waals surface area contributed by atoms with Crippen molar-refractivity contribution in [1.82, 2.24) is 4.72 Å². The van der Waals surface area contributed by atoms with Crippen LogP contribution in [0.2, 0.25) is 0 Å². The third kappa shape index (κ3) is 3.85. The molecule has 136 valence electrons. The molecule has 1 aromatic carbocycles. The lowest BCUT2D eigenvalue weighted by Crippen LogP contribution is -2.46. The van der Waals surface area contributed by atoms with Gasteiger partial charge in [0.05, 0.1) is 5.69 Å². The van der Waals surface area contributed by atoms with E-state index in [2.05, 4.69) is 5.32 Å². The van der Waals surface area contributed by atoms with Crippen LogP contribution in [-0.4, -0.2) is 26.4 Å². The molecule has 1 aromatic rings. The molecule has 0 unspecified atom stereocenters. The lowest BCUT2D eigenvalue weighted by molar-refractivity contribution is -0.121. The molecule has 0 saturated heterocycles. The van der Waals surface area contributed by atoms with E-state index in [1.807, 2.05) is 16.9 Å². The summed E-state index contributed by atoms with van der Waals surface area (Å²) < 4.78 is 40.8. The van der Waals surface area contributed by atoms with Crippen LogP contribution in [0.1, 0.15) is 32.1 Å². The van der Waals surface area contributed by atoms with Gasteiger partial charge in [0.1, 0.15) is 16.3 Å². The number of hydrogen-bond acceptors (Lipinski definition) is 5. The number of rotatable bonds is 0. The fourth-order valence-electron chi connectivity index (χ4n) is 2.99. The fourth-order valence-corrected chi connectivity index (χ4v) is 4.23. The van der Waals surface area contributed by atoms with Crippen molar-refractivity contribution in [3.05, 3.63) is 36.2 Å². The minimum Gasteiger partial charge on any atom is -0.384 e. The van der Waals surface area contributed by atoms with Gasteiger partial charge in [-0.25, -0.2) is 17.5 Å². The maximum absolute atomic E-state index is 13.6. The molecule has 4 N–H and O–H groups in total. The lowest BCUT2D eigenvalue weighted by atomic mass is 10.1. The summed E-state index contributed by atoms with van der Waals surface area (Å²) >= 11 is 0. The van der Waals surface area contributed by atoms with Crippen LogP contribution in [0.15, 0.2) is 35.2 Å². The van der Waals surface area contributed by atoms with E-state index < -0.39 is 27.3 Å². The molecule has 0 radical (unpaired) electrons. The molecule has 2 aliphatic rings. The average molecular weight is 367 g/mol. The van der Waals surface area contributed by atoms with Crippen molar-refractivity contribution < 1.29 is 17.6 Å². The van der Waals surface area contributed by atoms with E-state index in [0.29, 0.717) is 13.0 Å². The summed E-state index contributed by atoms with van der Waals surface area (Å²) in [6.07, 6.45) is 8.03. The normalized spacial score (nSPS) is 30.5. The van der Waals surface area contributed by atoms with E-state index in [-0.39, 0.29) is 16.5 Å². The zero-order chi connectivity index (χ0) is 18.1. The smallest absolute Gasteiger partial charge is 0.266 e. The van der Waals surface area contributed by atoms with Crippen molar-refractivity contribution in [2.24, 2.45) is 11.7 Å². The van der Waals surface area contributed by atoms with E-state index >= 15 is 0 Å². The predicted molar refractivity (Wildman–Crippen MR) is 92.9 cm³/mol. The highest BCUT2D eigenvalue weighted by atomic mass is 32.2. The van der Waals surface area contributed by atoms with Gasteiger partial charge in [0.2, 0.25) is 0 Å². The van der Waals surface area contributed by atoms with Crippen LogP contribution in [0.3, 0.4) is 0 Å². The van der Waals surface area contributed by atoms with Gasteiger partial charge in [-0.15, -0.1) is 0 Å². The van der Waals surface area contributed by atoms with Crippen LogP contribution in [0.4, 0.5) is 10.1 Å². The first-order valence-electron chi connectivity index (χ1n) is 8.39. The first-order valence-corrected chi connectivity index (χ1v) is 9.87. The van der Waals surface area contributed by atoms with Gasteiger partial charge in [0.15, 0.2) is 0 Å². The largest absolute Gasteiger partial charge is 0.384 e. The highest BCUT2D eigenvalue weighted by Gasteiger charge is 2.56. The van der Waals surface area contributed by atoms with E-state index in [1.165, 1.54) is 12.1 Å².